The van der Waals surface area contributed by atoms with E-state index in [2.05, 4.69) is 27.9 Å². The Morgan fingerprint density at radius 1 is 1.11 bits per heavy atom. The molecule has 0 aliphatic carbocycles. The molecule has 178 valence electrons. The first kappa shape index (κ1) is 24.9. The fraction of sp³-hybridized carbons (Fsp3) is 0.115. The van der Waals surface area contributed by atoms with Crippen molar-refractivity contribution in [3.8, 4) is 5.75 Å². The second-order valence-electron chi connectivity index (χ2n) is 7.84. The second-order valence-corrected chi connectivity index (χ2v) is 9.41. The average molecular weight is 605 g/mol. The number of nitrogens with one attached hydrogen (secondary N) is 1. The minimum atomic E-state index is -0.857. The van der Waals surface area contributed by atoms with Crippen LogP contribution in [0.3, 0.4) is 0 Å². The van der Waals surface area contributed by atoms with E-state index in [-0.39, 0.29) is 17.1 Å². The lowest BCUT2D eigenvalue weighted by Crippen LogP contribution is -2.54. The van der Waals surface area contributed by atoms with Crippen molar-refractivity contribution < 1.29 is 23.5 Å². The van der Waals surface area contributed by atoms with E-state index in [1.54, 1.807) is 49.4 Å². The zero-order valence-electron chi connectivity index (χ0n) is 18.7. The van der Waals surface area contributed by atoms with Gasteiger partial charge in [0.15, 0.2) is 0 Å². The SMILES string of the molecule is COc1cc(/C=C2\C(=O)NC(=O)N(c3ccc(C)c(Cl)c3)C2=O)cc(I)c1Cc1ccccc1F. The van der Waals surface area contributed by atoms with Crippen molar-refractivity contribution in [2.45, 2.75) is 13.3 Å². The molecule has 0 saturated carbocycles. The standard InChI is InChI=1S/C26H19ClFIN2O4/c1-14-7-8-17(13-20(14)27)31-25(33)19(24(32)30-26(31)34)9-15-10-22(29)18(23(11-15)35-2)12-16-5-3-4-6-21(16)28/h3-11,13H,12H2,1-2H3,(H,30,32,34)/b19-9+. The predicted molar refractivity (Wildman–Crippen MR) is 140 cm³/mol. The van der Waals surface area contributed by atoms with Gasteiger partial charge >= 0.3 is 6.03 Å². The van der Waals surface area contributed by atoms with E-state index in [1.807, 2.05) is 0 Å². The van der Waals surface area contributed by atoms with Crippen LogP contribution in [0.5, 0.6) is 5.75 Å². The molecule has 6 nitrogen and oxygen atoms in total. The minimum Gasteiger partial charge on any atom is -0.496 e. The molecule has 1 N–H and O–H groups in total. The van der Waals surface area contributed by atoms with E-state index in [9.17, 15) is 18.8 Å². The monoisotopic (exact) mass is 604 g/mol. The smallest absolute Gasteiger partial charge is 0.335 e. The molecular weight excluding hydrogens is 586 g/mol. The van der Waals surface area contributed by atoms with Gasteiger partial charge in [0, 0.05) is 20.6 Å². The van der Waals surface area contributed by atoms with Crippen LogP contribution in [0.4, 0.5) is 14.9 Å². The van der Waals surface area contributed by atoms with Crippen LogP contribution >= 0.6 is 34.2 Å². The number of nitrogens with zero attached hydrogens (tertiary/aromatic N) is 1. The Kier molecular flexibility index (Phi) is 7.23. The van der Waals surface area contributed by atoms with Gasteiger partial charge in [-0.15, -0.1) is 0 Å². The largest absolute Gasteiger partial charge is 0.496 e. The lowest BCUT2D eigenvalue weighted by Gasteiger charge is -2.26. The van der Waals surface area contributed by atoms with Crippen LogP contribution in [0, 0.1) is 16.3 Å². The number of anilines is 1. The summed E-state index contributed by atoms with van der Waals surface area (Å²) < 4.78 is 20.5. The number of rotatable bonds is 5. The number of imide groups is 2. The van der Waals surface area contributed by atoms with Gasteiger partial charge in [-0.2, -0.15) is 0 Å². The molecule has 4 amide bonds. The summed E-state index contributed by atoms with van der Waals surface area (Å²) in [6.45, 7) is 1.80. The van der Waals surface area contributed by atoms with Crippen LogP contribution in [0.15, 0.2) is 60.2 Å². The number of urea groups is 1. The summed E-state index contributed by atoms with van der Waals surface area (Å²) in [4.78, 5) is 39.1. The van der Waals surface area contributed by atoms with Crippen molar-refractivity contribution in [3.63, 3.8) is 0 Å². The number of barbiturate groups is 1. The third-order valence-electron chi connectivity index (χ3n) is 5.55. The van der Waals surface area contributed by atoms with Gasteiger partial charge in [0.1, 0.15) is 17.1 Å². The summed E-state index contributed by atoms with van der Waals surface area (Å²) >= 11 is 8.27. The maximum Gasteiger partial charge on any atom is 0.335 e. The number of amides is 4. The van der Waals surface area contributed by atoms with Crippen LogP contribution in [0.2, 0.25) is 5.02 Å². The topological polar surface area (TPSA) is 75.7 Å². The van der Waals surface area contributed by atoms with Crippen molar-refractivity contribution >= 4 is 63.8 Å². The Morgan fingerprint density at radius 2 is 1.86 bits per heavy atom. The number of carbonyl (C=O) groups excluding carboxylic acids is 3. The number of aryl methyl sites for hydroxylation is 1. The highest BCUT2D eigenvalue weighted by Gasteiger charge is 2.37. The van der Waals surface area contributed by atoms with Gasteiger partial charge in [0.2, 0.25) is 0 Å². The summed E-state index contributed by atoms with van der Waals surface area (Å²) in [6.07, 6.45) is 1.70. The van der Waals surface area contributed by atoms with Crippen LogP contribution in [-0.4, -0.2) is 25.0 Å². The van der Waals surface area contributed by atoms with E-state index < -0.39 is 17.8 Å². The summed E-state index contributed by atoms with van der Waals surface area (Å²) in [5.41, 5.74) is 2.60. The molecule has 1 heterocycles. The minimum absolute atomic E-state index is 0.221. The molecule has 0 aromatic heterocycles. The van der Waals surface area contributed by atoms with Gasteiger partial charge < -0.3 is 4.74 Å². The fourth-order valence-corrected chi connectivity index (χ4v) is 4.67. The fourth-order valence-electron chi connectivity index (χ4n) is 3.68. The lowest BCUT2D eigenvalue weighted by molar-refractivity contribution is -0.122. The third-order valence-corrected chi connectivity index (χ3v) is 6.92. The first-order chi connectivity index (χ1) is 16.7. The molecule has 1 fully saturated rings. The maximum atomic E-state index is 14.2. The molecule has 1 saturated heterocycles. The number of benzene rings is 3. The van der Waals surface area contributed by atoms with E-state index in [1.165, 1.54) is 25.3 Å². The van der Waals surface area contributed by atoms with E-state index in [0.29, 0.717) is 28.3 Å². The molecule has 0 atom stereocenters. The molecule has 0 radical (unpaired) electrons. The highest BCUT2D eigenvalue weighted by molar-refractivity contribution is 14.1. The molecule has 3 aromatic carbocycles. The summed E-state index contributed by atoms with van der Waals surface area (Å²) in [7, 11) is 1.49. The van der Waals surface area contributed by atoms with Crippen LogP contribution < -0.4 is 15.0 Å². The van der Waals surface area contributed by atoms with Crippen molar-refractivity contribution in [1.82, 2.24) is 5.32 Å². The summed E-state index contributed by atoms with van der Waals surface area (Å²) in [5, 5.41) is 2.58. The second kappa shape index (κ2) is 10.2. The molecule has 4 rings (SSSR count). The zero-order chi connectivity index (χ0) is 25.3. The molecule has 9 heteroatoms. The number of ether oxygens (including phenoxy) is 1. The molecule has 0 bridgehead atoms. The van der Waals surface area contributed by atoms with Gasteiger partial charge in [0.25, 0.3) is 11.8 Å². The lowest BCUT2D eigenvalue weighted by atomic mass is 10.00. The number of methoxy groups -OCH3 is 1. The van der Waals surface area contributed by atoms with Crippen LogP contribution in [0.25, 0.3) is 6.08 Å². The highest BCUT2D eigenvalue weighted by Crippen LogP contribution is 2.31. The van der Waals surface area contributed by atoms with E-state index in [0.717, 1.165) is 19.6 Å². The quantitative estimate of drug-likeness (QED) is 0.232. The summed E-state index contributed by atoms with van der Waals surface area (Å²) in [5.74, 6) is -1.42. The zero-order valence-corrected chi connectivity index (χ0v) is 21.6. The number of carbonyl (C=O) groups is 3. The molecular formula is C26H19ClFIN2O4. The highest BCUT2D eigenvalue weighted by atomic mass is 127. The first-order valence-corrected chi connectivity index (χ1v) is 11.9. The van der Waals surface area contributed by atoms with Crippen molar-refractivity contribution in [1.29, 1.82) is 0 Å². The third kappa shape index (κ3) is 5.08. The Labute approximate surface area is 219 Å². The van der Waals surface area contributed by atoms with Gasteiger partial charge in [-0.3, -0.25) is 14.9 Å². The average Bonchev–Trinajstić information content (AvgIpc) is 2.81. The molecule has 35 heavy (non-hydrogen) atoms. The summed E-state index contributed by atoms with van der Waals surface area (Å²) in [6, 6.07) is 13.8. The van der Waals surface area contributed by atoms with Crippen molar-refractivity contribution in [2.24, 2.45) is 0 Å². The van der Waals surface area contributed by atoms with Crippen molar-refractivity contribution in [3.05, 3.63) is 96.8 Å². The van der Waals surface area contributed by atoms with Gasteiger partial charge in [0.05, 0.1) is 12.8 Å². The number of halogens is 3. The molecule has 1 aliphatic rings. The van der Waals surface area contributed by atoms with Gasteiger partial charge in [-0.1, -0.05) is 35.9 Å². The van der Waals surface area contributed by atoms with Crippen molar-refractivity contribution in [2.75, 3.05) is 12.0 Å². The predicted octanol–water partition coefficient (Wildman–Crippen LogP) is 5.66. The number of hydrogen-bond acceptors (Lipinski definition) is 4. The normalized spacial score (nSPS) is 14.9. The van der Waals surface area contributed by atoms with E-state index in [4.69, 9.17) is 16.3 Å². The molecule has 3 aromatic rings. The molecule has 0 unspecified atom stereocenters. The Hall–Kier alpha value is -3.24. The first-order valence-electron chi connectivity index (χ1n) is 10.5. The molecule has 0 spiro atoms. The van der Waals surface area contributed by atoms with Crippen LogP contribution in [-0.2, 0) is 16.0 Å². The Balaban J connectivity index is 1.72. The number of hydrogen-bond donors (Lipinski definition) is 1. The van der Waals surface area contributed by atoms with Gasteiger partial charge in [-0.05, 0) is 82.6 Å². The molecule has 1 aliphatic heterocycles. The van der Waals surface area contributed by atoms with Gasteiger partial charge in [-0.25, -0.2) is 14.1 Å². The van der Waals surface area contributed by atoms with Crippen LogP contribution in [0.1, 0.15) is 22.3 Å². The van der Waals surface area contributed by atoms with E-state index >= 15 is 0 Å². The Bertz CT molecular complexity index is 1410. The Morgan fingerprint density at radius 3 is 2.54 bits per heavy atom. The maximum absolute atomic E-state index is 14.2.